The zero-order valence-corrected chi connectivity index (χ0v) is 59.4. The van der Waals surface area contributed by atoms with Crippen LogP contribution in [0.3, 0.4) is 0 Å². The number of fused-ring (bicyclic) bond motifs is 6. The lowest BCUT2D eigenvalue weighted by Crippen LogP contribution is -2.50. The number of hydrogen-bond donors (Lipinski definition) is 0. The molecule has 10 saturated heterocycles. The van der Waals surface area contributed by atoms with Gasteiger partial charge in [-0.2, -0.15) is 0 Å². The van der Waals surface area contributed by atoms with Crippen molar-refractivity contribution in [3.63, 3.8) is 0 Å². The van der Waals surface area contributed by atoms with Crippen LogP contribution in [0, 0.1) is 88.3 Å². The number of hydrogen-bond acceptors (Lipinski definition) is 26. The van der Waals surface area contributed by atoms with Crippen molar-refractivity contribution < 1.29 is 119 Å². The van der Waals surface area contributed by atoms with Crippen molar-refractivity contribution in [2.24, 2.45) is 88.3 Å². The highest BCUT2D eigenvalue weighted by atomic mass is 32.2. The number of esters is 12. The van der Waals surface area contributed by atoms with E-state index in [2.05, 4.69) is 53.3 Å². The molecule has 30 unspecified atom stereocenters. The minimum Gasteiger partial charge on any atom is -0.458 e. The van der Waals surface area contributed by atoms with E-state index in [0.29, 0.717) is 52.2 Å². The lowest BCUT2D eigenvalue weighted by Gasteiger charge is -2.38. The molecule has 30 atom stereocenters. The molecule has 0 spiro atoms. The zero-order valence-electron chi connectivity index (χ0n) is 58.6. The van der Waals surface area contributed by atoms with Gasteiger partial charge in [-0.1, -0.05) is 60.2 Å². The molecule has 0 N–H and O–H groups in total. The molecule has 101 heavy (non-hydrogen) atoms. The molecule has 546 valence electrons. The van der Waals surface area contributed by atoms with Gasteiger partial charge in [0.05, 0.1) is 46.9 Å². The first-order chi connectivity index (χ1) is 47.5. The van der Waals surface area contributed by atoms with E-state index in [-0.39, 0.29) is 214 Å². The van der Waals surface area contributed by atoms with Crippen LogP contribution < -0.4 is 0 Å². The minimum atomic E-state index is -0.649. The van der Waals surface area contributed by atoms with E-state index in [1.54, 1.807) is 53.3 Å². The van der Waals surface area contributed by atoms with Crippen LogP contribution in [-0.4, -0.2) is 167 Å². The molecule has 18 rings (SSSR count). The van der Waals surface area contributed by atoms with Crippen LogP contribution in [-0.2, 0) is 119 Å². The summed E-state index contributed by atoms with van der Waals surface area (Å²) in [4.78, 5) is 139. The van der Waals surface area contributed by atoms with Crippen molar-refractivity contribution in [1.29, 1.82) is 0 Å². The second kappa shape index (κ2) is 26.0. The first-order valence-electron chi connectivity index (χ1n) is 35.3. The second-order valence-corrected chi connectivity index (χ2v) is 33.3. The van der Waals surface area contributed by atoms with Gasteiger partial charge in [-0.15, -0.1) is 11.8 Å². The molecule has 18 aliphatic rings. The molecule has 0 aromatic rings. The average Bonchev–Trinajstić information content (AvgIpc) is 1.51. The largest absolute Gasteiger partial charge is 0.458 e. The molecule has 10 aliphatic heterocycles. The molecule has 18 fully saturated rings. The molecule has 8 aliphatic carbocycles. The second-order valence-electron chi connectivity index (χ2n) is 31.9. The van der Waals surface area contributed by atoms with E-state index in [4.69, 9.17) is 61.6 Å². The lowest BCUT2D eigenvalue weighted by molar-refractivity contribution is -0.180. The summed E-state index contributed by atoms with van der Waals surface area (Å²) in [5.41, 5.74) is 1.02. The van der Waals surface area contributed by atoms with E-state index in [1.807, 2.05) is 13.8 Å². The summed E-state index contributed by atoms with van der Waals surface area (Å²) in [7, 11) is 0. The summed E-state index contributed by atoms with van der Waals surface area (Å²) >= 11 is 1.72. The van der Waals surface area contributed by atoms with Gasteiger partial charge in [-0.05, 0) is 118 Å². The fraction of sp³-hybridized carbons (Fsp3) is 0.680. The van der Waals surface area contributed by atoms with Crippen molar-refractivity contribution in [1.82, 2.24) is 0 Å². The molecule has 10 heterocycles. The van der Waals surface area contributed by atoms with Crippen LogP contribution in [0.15, 0.2) is 72.9 Å². The molecular weight excluding hydrogens is 1330 g/mol. The molecule has 26 heteroatoms. The van der Waals surface area contributed by atoms with Gasteiger partial charge in [0.15, 0.2) is 30.0 Å². The van der Waals surface area contributed by atoms with Crippen LogP contribution in [0.25, 0.3) is 0 Å². The third-order valence-corrected chi connectivity index (χ3v) is 26.9. The van der Waals surface area contributed by atoms with Gasteiger partial charge in [0.2, 0.25) is 0 Å². The Morgan fingerprint density at radius 2 is 0.891 bits per heavy atom. The Morgan fingerprint density at radius 3 is 1.50 bits per heavy atom. The number of ether oxygens (including phenoxy) is 13. The summed E-state index contributed by atoms with van der Waals surface area (Å²) in [6.45, 7) is 39.3. The smallest absolute Gasteiger partial charge is 0.333 e. The Labute approximate surface area is 589 Å². The Morgan fingerprint density at radius 1 is 0.426 bits per heavy atom. The summed E-state index contributed by atoms with van der Waals surface area (Å²) in [6.07, 6.45) is 4.81. The zero-order chi connectivity index (χ0) is 73.0. The lowest BCUT2D eigenvalue weighted by atomic mass is 9.77. The predicted molar refractivity (Wildman–Crippen MR) is 349 cm³/mol. The fourth-order valence-corrected chi connectivity index (χ4v) is 22.2. The van der Waals surface area contributed by atoms with E-state index in [9.17, 15) is 57.5 Å². The van der Waals surface area contributed by atoms with Gasteiger partial charge >= 0.3 is 71.6 Å². The first-order valence-corrected chi connectivity index (χ1v) is 36.2. The highest BCUT2D eigenvalue weighted by Gasteiger charge is 2.74. The Hall–Kier alpha value is -7.61. The summed E-state index contributed by atoms with van der Waals surface area (Å²) < 4.78 is 70.3. The predicted octanol–water partition coefficient (Wildman–Crippen LogP) is 7.12. The topological polar surface area (TPSA) is 325 Å². The minimum absolute atomic E-state index is 0.00150. The number of carbonyl (C=O) groups is 12. The number of thioether (sulfide) groups is 1. The SMILES string of the molecule is C=C(C)C(=O)OC1(C)C2CC3C(=O)OC1C3C2.C=C(C)C(=O)OC1(CC)C2CC3C(=O)OC1C3C2.C=C(C)C(=O)OC1C2CC3C(=O)OC1C3C2.C=C(C)C(=O)OC1C2CC3C(=O)OC1C3O2.C=C(C)C(=O)OC1C2CC3C(=O)OC1C3S2.C=C(C)C(=O)OC1C2OC(=O)C3CC1C(C)(C)C32. The van der Waals surface area contributed by atoms with Crippen molar-refractivity contribution in [2.45, 2.75) is 228 Å². The van der Waals surface area contributed by atoms with Gasteiger partial charge in [0.25, 0.3) is 0 Å². The summed E-state index contributed by atoms with van der Waals surface area (Å²) in [5, 5.41) is 0.412. The van der Waals surface area contributed by atoms with Crippen molar-refractivity contribution in [3.05, 3.63) is 72.9 Å². The Balaban J connectivity index is 0.000000108. The summed E-state index contributed by atoms with van der Waals surface area (Å²) in [5.74, 6) is -1.14. The first kappa shape index (κ1) is 71.8. The quantitative estimate of drug-likeness (QED) is 0.101. The molecular formula is C75H90O25S. The Kier molecular flexibility index (Phi) is 18.5. The maximum atomic E-state index is 11.8. The van der Waals surface area contributed by atoms with Gasteiger partial charge < -0.3 is 61.6 Å². The maximum absolute atomic E-state index is 11.8. The monoisotopic (exact) mass is 1420 g/mol. The maximum Gasteiger partial charge on any atom is 0.333 e. The molecule has 12 bridgehead atoms. The normalized spacial score (nSPS) is 43.8. The molecule has 0 amide bonds. The standard InChI is InChI=1S/2C14H18O4.C13H16O4.C12H14O4.C11H12O5.C11H12O4S/c1-6(2)12(15)17-10-8-5-7-9(14(8,3)4)11(10)18-13(7)16;1-4-14(18-12(15)7(2)3)8-5-9-10(6-8)13(16)17-11(9)14;1-6(2)11(14)17-13(3)7-4-8-9(5-7)12(15)16-10(8)13;1-5(2)11(13)15-9-6-3-7-8(4-6)12(14)16-10(7)9;1-4(2)10(12)15-8-6-3-5-7(14-6)9(8)16-11(5)13;1-4(2)10(12)14-7-6-3-5-9(16-6)8(7)15-11(5)13/h7-11H,1,5H2,2-4H3;8-11H,2,4-6H2,1,3H3;7-10H,1,4-5H2,2-3H3;6-10H,1,3-4H2,2H3;2*5-9H,1,3H2,2H3. The van der Waals surface area contributed by atoms with Gasteiger partial charge in [0, 0.05) is 86.0 Å². The van der Waals surface area contributed by atoms with E-state index in [0.717, 1.165) is 51.4 Å². The van der Waals surface area contributed by atoms with Crippen LogP contribution in [0.4, 0.5) is 0 Å². The van der Waals surface area contributed by atoms with E-state index < -0.39 is 35.3 Å². The van der Waals surface area contributed by atoms with Crippen molar-refractivity contribution >= 4 is 83.4 Å². The molecule has 25 nitrogen and oxygen atoms in total. The highest BCUT2D eigenvalue weighted by molar-refractivity contribution is 8.01. The van der Waals surface area contributed by atoms with Crippen LogP contribution >= 0.6 is 11.8 Å². The Bertz CT molecular complexity index is 3520. The third kappa shape index (κ3) is 11.8. The van der Waals surface area contributed by atoms with Crippen LogP contribution in [0.1, 0.15) is 133 Å². The molecule has 0 radical (unpaired) electrons. The average molecular weight is 1420 g/mol. The highest BCUT2D eigenvalue weighted by Crippen LogP contribution is 2.66. The number of rotatable bonds is 13. The van der Waals surface area contributed by atoms with E-state index in [1.165, 1.54) is 0 Å². The summed E-state index contributed by atoms with van der Waals surface area (Å²) in [6, 6.07) is 0. The fourth-order valence-electron chi connectivity index (χ4n) is 20.3. The van der Waals surface area contributed by atoms with Crippen molar-refractivity contribution in [2.75, 3.05) is 0 Å². The van der Waals surface area contributed by atoms with Gasteiger partial charge in [-0.25, -0.2) is 28.8 Å². The molecule has 8 saturated carbocycles. The van der Waals surface area contributed by atoms with E-state index >= 15 is 0 Å². The van der Waals surface area contributed by atoms with Crippen LogP contribution in [0.2, 0.25) is 0 Å². The van der Waals surface area contributed by atoms with Crippen LogP contribution in [0.5, 0.6) is 0 Å². The van der Waals surface area contributed by atoms with Gasteiger partial charge in [-0.3, -0.25) is 28.8 Å². The number of carbonyl (C=O) groups excluding carboxylic acids is 12. The molecule has 0 aromatic heterocycles. The van der Waals surface area contributed by atoms with Crippen molar-refractivity contribution in [3.8, 4) is 0 Å². The third-order valence-electron chi connectivity index (χ3n) is 25.2. The van der Waals surface area contributed by atoms with Gasteiger partial charge in [0.1, 0.15) is 48.3 Å². The molecule has 0 aromatic carbocycles.